The van der Waals surface area contributed by atoms with Crippen molar-refractivity contribution < 1.29 is 8.42 Å². The highest BCUT2D eigenvalue weighted by Crippen LogP contribution is 2.22. The summed E-state index contributed by atoms with van der Waals surface area (Å²) < 4.78 is 26.9. The topological polar surface area (TPSA) is 64.8 Å². The van der Waals surface area contributed by atoms with Crippen LogP contribution in [0.5, 0.6) is 0 Å². The van der Waals surface area contributed by atoms with Crippen LogP contribution in [0, 0.1) is 13.8 Å². The molecule has 0 aliphatic heterocycles. The molecule has 0 bridgehead atoms. The fourth-order valence-electron chi connectivity index (χ4n) is 2.22. The molecule has 22 heavy (non-hydrogen) atoms. The van der Waals surface area contributed by atoms with Crippen molar-refractivity contribution in [2.45, 2.75) is 24.8 Å². The summed E-state index contributed by atoms with van der Waals surface area (Å²) >= 11 is 1.39. The van der Waals surface area contributed by atoms with Gasteiger partial charge in [-0.2, -0.15) is 0 Å². The van der Waals surface area contributed by atoms with Crippen LogP contribution in [0.4, 0.5) is 0 Å². The van der Waals surface area contributed by atoms with E-state index in [-0.39, 0.29) is 10.9 Å². The highest BCUT2D eigenvalue weighted by molar-refractivity contribution is 7.90. The van der Waals surface area contributed by atoms with Gasteiger partial charge in [0.15, 0.2) is 0 Å². The normalized spacial score (nSPS) is 11.7. The Morgan fingerprint density at radius 1 is 1.23 bits per heavy atom. The van der Waals surface area contributed by atoms with Crippen LogP contribution in [0.1, 0.15) is 15.4 Å². The third-order valence-electron chi connectivity index (χ3n) is 3.17. The van der Waals surface area contributed by atoms with E-state index in [0.29, 0.717) is 0 Å². The van der Waals surface area contributed by atoms with Crippen LogP contribution >= 0.6 is 11.3 Å². The number of rotatable bonds is 4. The van der Waals surface area contributed by atoms with Gasteiger partial charge in [0.25, 0.3) is 0 Å². The van der Waals surface area contributed by atoms with Crippen molar-refractivity contribution in [3.05, 3.63) is 58.3 Å². The molecule has 0 N–H and O–H groups in total. The van der Waals surface area contributed by atoms with Gasteiger partial charge < -0.3 is 0 Å². The molecule has 0 atom stereocenters. The summed E-state index contributed by atoms with van der Waals surface area (Å²) in [5.74, 6) is -0.0820. The Hall–Kier alpha value is -1.99. The smallest absolute Gasteiger partial charge is 0.232 e. The second kappa shape index (κ2) is 5.66. The van der Waals surface area contributed by atoms with Crippen LogP contribution in [-0.2, 0) is 15.6 Å². The molecule has 7 heteroatoms. The Bertz CT molecular complexity index is 910. The van der Waals surface area contributed by atoms with Crippen molar-refractivity contribution in [2.24, 2.45) is 0 Å². The minimum atomic E-state index is -3.53. The number of aryl methyl sites for hydroxylation is 2. The molecule has 0 aliphatic rings. The molecule has 0 saturated carbocycles. The van der Waals surface area contributed by atoms with E-state index in [1.54, 1.807) is 17.0 Å². The molecule has 0 unspecified atom stereocenters. The largest absolute Gasteiger partial charge is 0.291 e. The molecular weight excluding hydrogens is 318 g/mol. The Morgan fingerprint density at radius 2 is 2.05 bits per heavy atom. The van der Waals surface area contributed by atoms with Gasteiger partial charge in [0.1, 0.15) is 0 Å². The summed E-state index contributed by atoms with van der Waals surface area (Å²) in [4.78, 5) is 8.88. The summed E-state index contributed by atoms with van der Waals surface area (Å²) in [7, 11) is -3.53. The van der Waals surface area contributed by atoms with Crippen LogP contribution in [0.25, 0.3) is 5.69 Å². The molecule has 114 valence electrons. The predicted molar refractivity (Wildman–Crippen MR) is 86.0 cm³/mol. The van der Waals surface area contributed by atoms with Gasteiger partial charge in [0, 0.05) is 29.2 Å². The second-order valence-corrected chi connectivity index (χ2v) is 8.23. The highest BCUT2D eigenvalue weighted by Gasteiger charge is 2.23. The fourth-order valence-corrected chi connectivity index (χ4v) is 4.78. The first kappa shape index (κ1) is 14.9. The van der Waals surface area contributed by atoms with Crippen LogP contribution in [0.3, 0.4) is 0 Å². The molecule has 3 rings (SSSR count). The maximum absolute atomic E-state index is 12.6. The van der Waals surface area contributed by atoms with Gasteiger partial charge in [-0.25, -0.2) is 18.4 Å². The maximum atomic E-state index is 12.6. The van der Waals surface area contributed by atoms with Gasteiger partial charge in [0.05, 0.1) is 10.8 Å². The number of benzene rings is 1. The summed E-state index contributed by atoms with van der Waals surface area (Å²) in [6.07, 6.45) is 4.78. The lowest BCUT2D eigenvalue weighted by atomic mass is 10.2. The molecular formula is C15H15N3O2S2. The predicted octanol–water partition coefficient (Wildman–Crippen LogP) is 2.92. The van der Waals surface area contributed by atoms with Gasteiger partial charge in [-0.05, 0) is 31.5 Å². The number of sulfone groups is 1. The number of thiazole rings is 1. The highest BCUT2D eigenvalue weighted by atomic mass is 32.2. The monoisotopic (exact) mass is 333 g/mol. The minimum absolute atomic E-state index is 0.0594. The van der Waals surface area contributed by atoms with Gasteiger partial charge in [0.2, 0.25) is 15.0 Å². The zero-order chi connectivity index (χ0) is 15.7. The van der Waals surface area contributed by atoms with Crippen LogP contribution in [-0.4, -0.2) is 23.0 Å². The Balaban J connectivity index is 2.00. The fraction of sp³-hybridized carbons (Fsp3) is 0.200. The van der Waals surface area contributed by atoms with Crippen molar-refractivity contribution in [1.29, 1.82) is 0 Å². The van der Waals surface area contributed by atoms with Crippen molar-refractivity contribution >= 4 is 21.2 Å². The first-order valence-electron chi connectivity index (χ1n) is 6.70. The SMILES string of the molecule is Cc1cccc(-n2ccnc2S(=O)(=O)Cc2cnc(C)s2)c1. The first-order chi connectivity index (χ1) is 10.5. The lowest BCUT2D eigenvalue weighted by Crippen LogP contribution is -2.11. The zero-order valence-electron chi connectivity index (χ0n) is 12.2. The average Bonchev–Trinajstić information content (AvgIpc) is 3.08. The molecule has 2 heterocycles. The third-order valence-corrected chi connectivity index (χ3v) is 5.81. The van der Waals surface area contributed by atoms with Gasteiger partial charge in [-0.3, -0.25) is 4.57 Å². The zero-order valence-corrected chi connectivity index (χ0v) is 13.9. The van der Waals surface area contributed by atoms with E-state index < -0.39 is 9.84 Å². The van der Waals surface area contributed by atoms with Crippen molar-refractivity contribution in [3.63, 3.8) is 0 Å². The van der Waals surface area contributed by atoms with E-state index in [1.807, 2.05) is 38.1 Å². The maximum Gasteiger partial charge on any atom is 0.232 e. The Kier molecular flexibility index (Phi) is 3.84. The van der Waals surface area contributed by atoms with E-state index >= 15 is 0 Å². The van der Waals surface area contributed by atoms with Crippen molar-refractivity contribution in [3.8, 4) is 5.69 Å². The van der Waals surface area contributed by atoms with E-state index in [9.17, 15) is 8.42 Å². The quantitative estimate of drug-likeness (QED) is 0.736. The minimum Gasteiger partial charge on any atom is -0.291 e. The summed E-state index contributed by atoms with van der Waals surface area (Å²) in [5.41, 5.74) is 1.85. The Labute approximate surface area is 133 Å². The number of nitrogens with zero attached hydrogens (tertiary/aromatic N) is 3. The molecule has 0 spiro atoms. The Morgan fingerprint density at radius 3 is 2.73 bits per heavy atom. The van der Waals surface area contributed by atoms with E-state index in [1.165, 1.54) is 17.5 Å². The number of imidazole rings is 1. The number of hydrogen-bond donors (Lipinski definition) is 0. The lowest BCUT2D eigenvalue weighted by Gasteiger charge is -2.08. The van der Waals surface area contributed by atoms with Crippen LogP contribution < -0.4 is 0 Å². The first-order valence-corrected chi connectivity index (χ1v) is 9.17. The second-order valence-electron chi connectivity index (χ2n) is 5.02. The lowest BCUT2D eigenvalue weighted by molar-refractivity contribution is 0.583. The number of hydrogen-bond acceptors (Lipinski definition) is 5. The summed E-state index contributed by atoms with van der Waals surface area (Å²) in [6.45, 7) is 3.82. The van der Waals surface area contributed by atoms with E-state index in [4.69, 9.17) is 0 Å². The van der Waals surface area contributed by atoms with Crippen LogP contribution in [0.15, 0.2) is 48.0 Å². The van der Waals surface area contributed by atoms with Crippen LogP contribution in [0.2, 0.25) is 0 Å². The molecule has 0 fully saturated rings. The summed E-state index contributed by atoms with van der Waals surface area (Å²) in [5, 5.41) is 0.913. The van der Waals surface area contributed by atoms with Crippen molar-refractivity contribution in [2.75, 3.05) is 0 Å². The molecule has 0 radical (unpaired) electrons. The molecule has 0 aliphatic carbocycles. The summed E-state index contributed by atoms with van der Waals surface area (Å²) in [6, 6.07) is 7.66. The standard InChI is InChI=1S/C15H15N3O2S2/c1-11-4-3-5-13(8-11)18-7-6-16-15(18)22(19,20)10-14-9-17-12(2)21-14/h3-9H,10H2,1-2H3. The van der Waals surface area contributed by atoms with Gasteiger partial charge in [-0.1, -0.05) is 12.1 Å². The van der Waals surface area contributed by atoms with Gasteiger partial charge in [-0.15, -0.1) is 11.3 Å². The molecule has 2 aromatic heterocycles. The average molecular weight is 333 g/mol. The van der Waals surface area contributed by atoms with Crippen molar-refractivity contribution in [1.82, 2.24) is 14.5 Å². The molecule has 1 aromatic carbocycles. The van der Waals surface area contributed by atoms with E-state index in [2.05, 4.69) is 9.97 Å². The molecule has 5 nitrogen and oxygen atoms in total. The molecule has 3 aromatic rings. The number of aromatic nitrogens is 3. The molecule has 0 saturated heterocycles. The third kappa shape index (κ3) is 2.95. The molecule has 0 amide bonds. The van der Waals surface area contributed by atoms with E-state index in [0.717, 1.165) is 21.1 Å². The van der Waals surface area contributed by atoms with Gasteiger partial charge >= 0.3 is 0 Å².